The molecule has 4 nitrogen and oxygen atoms in total. The van der Waals surface area contributed by atoms with Crippen molar-refractivity contribution in [3.63, 3.8) is 0 Å². The predicted octanol–water partition coefficient (Wildman–Crippen LogP) is 1.62. The van der Waals surface area contributed by atoms with Crippen molar-refractivity contribution in [2.45, 2.75) is 34.6 Å². The van der Waals surface area contributed by atoms with Gasteiger partial charge in [-0.3, -0.25) is 4.79 Å². The Morgan fingerprint density at radius 3 is 2.21 bits per heavy atom. The fourth-order valence-electron chi connectivity index (χ4n) is 0.640. The normalized spacial score (nSPS) is 11.4. The molecule has 0 aliphatic rings. The molecular formula is C10H19N3O. The van der Waals surface area contributed by atoms with Crippen molar-refractivity contribution in [1.82, 2.24) is 5.32 Å². The van der Waals surface area contributed by atoms with E-state index in [1.807, 2.05) is 34.6 Å². The Morgan fingerprint density at radius 1 is 1.21 bits per heavy atom. The highest BCUT2D eigenvalue weighted by molar-refractivity contribution is 5.89. The Hall–Kier alpha value is -1.19. The van der Waals surface area contributed by atoms with Crippen LogP contribution in [0.5, 0.6) is 0 Å². The van der Waals surface area contributed by atoms with E-state index in [1.165, 1.54) is 0 Å². The largest absolute Gasteiger partial charge is 0.351 e. The first-order chi connectivity index (χ1) is 6.43. The maximum Gasteiger partial charge on any atom is 0.222 e. The summed E-state index contributed by atoms with van der Waals surface area (Å²) in [6.45, 7) is 9.78. The molecule has 0 aromatic heterocycles. The van der Waals surface area contributed by atoms with E-state index in [1.54, 1.807) is 0 Å². The molecule has 0 saturated carbocycles. The second kappa shape index (κ2) is 6.29. The molecule has 0 rings (SSSR count). The number of nitrogens with zero attached hydrogens (tertiary/aromatic N) is 2. The molecule has 1 amide bonds. The summed E-state index contributed by atoms with van der Waals surface area (Å²) in [5.74, 6) is 0.0518. The van der Waals surface area contributed by atoms with Crippen LogP contribution in [0.1, 0.15) is 34.6 Å². The van der Waals surface area contributed by atoms with Crippen LogP contribution >= 0.6 is 0 Å². The predicted molar refractivity (Wildman–Crippen MR) is 59.7 cm³/mol. The van der Waals surface area contributed by atoms with E-state index in [0.717, 1.165) is 11.4 Å². The van der Waals surface area contributed by atoms with Crippen molar-refractivity contribution in [2.75, 3.05) is 6.54 Å². The van der Waals surface area contributed by atoms with Crippen molar-refractivity contribution in [3.8, 4) is 0 Å². The van der Waals surface area contributed by atoms with Crippen LogP contribution in [0.3, 0.4) is 0 Å². The molecule has 0 radical (unpaired) electrons. The van der Waals surface area contributed by atoms with Gasteiger partial charge in [0.2, 0.25) is 5.91 Å². The van der Waals surface area contributed by atoms with Crippen LogP contribution in [0.2, 0.25) is 0 Å². The molecule has 0 fully saturated rings. The third kappa shape index (κ3) is 6.34. The molecule has 0 atom stereocenters. The molecule has 0 saturated heterocycles. The molecule has 14 heavy (non-hydrogen) atoms. The lowest BCUT2D eigenvalue weighted by atomic mass is 10.2. The summed E-state index contributed by atoms with van der Waals surface area (Å²) in [4.78, 5) is 11.2. The summed E-state index contributed by atoms with van der Waals surface area (Å²) < 4.78 is 0. The van der Waals surface area contributed by atoms with Gasteiger partial charge in [0.15, 0.2) is 0 Å². The summed E-state index contributed by atoms with van der Waals surface area (Å²) in [6, 6.07) is 0. The molecule has 0 unspecified atom stereocenters. The standard InChI is InChI=1S/C10H19N3O/c1-7(2)10(14)11-6-9(5)13-12-8(3)4/h7H,6H2,1-5H3,(H,11,14)/b13-9+. The van der Waals surface area contributed by atoms with Gasteiger partial charge in [0.05, 0.1) is 12.3 Å². The van der Waals surface area contributed by atoms with E-state index < -0.39 is 0 Å². The van der Waals surface area contributed by atoms with Gasteiger partial charge in [-0.25, -0.2) is 0 Å². The van der Waals surface area contributed by atoms with Crippen LogP contribution in [-0.4, -0.2) is 23.9 Å². The van der Waals surface area contributed by atoms with Crippen LogP contribution in [0, 0.1) is 5.92 Å². The highest BCUT2D eigenvalue weighted by Crippen LogP contribution is 1.90. The summed E-state index contributed by atoms with van der Waals surface area (Å²) in [5.41, 5.74) is 1.71. The minimum atomic E-state index is 0.0132. The van der Waals surface area contributed by atoms with Crippen LogP contribution in [-0.2, 0) is 4.79 Å². The molecule has 0 aromatic rings. The molecule has 1 N–H and O–H groups in total. The Balaban J connectivity index is 3.97. The fraction of sp³-hybridized carbons (Fsp3) is 0.700. The lowest BCUT2D eigenvalue weighted by molar-refractivity contribution is -0.123. The zero-order chi connectivity index (χ0) is 11.1. The second-order valence-electron chi connectivity index (χ2n) is 3.75. The maximum atomic E-state index is 11.2. The van der Waals surface area contributed by atoms with Crippen LogP contribution in [0.25, 0.3) is 0 Å². The van der Waals surface area contributed by atoms with Gasteiger partial charge < -0.3 is 5.32 Å². The van der Waals surface area contributed by atoms with Crippen molar-refractivity contribution < 1.29 is 4.79 Å². The second-order valence-corrected chi connectivity index (χ2v) is 3.75. The lowest BCUT2D eigenvalue weighted by Crippen LogP contribution is -2.31. The SMILES string of the molecule is CC(C)=N/N=C(\C)CNC(=O)C(C)C. The number of nitrogens with one attached hydrogen (secondary N) is 1. The molecular weight excluding hydrogens is 178 g/mol. The quantitative estimate of drug-likeness (QED) is 0.540. The molecule has 0 aliphatic carbocycles. The van der Waals surface area contributed by atoms with Crippen LogP contribution in [0.15, 0.2) is 10.2 Å². The zero-order valence-corrected chi connectivity index (χ0v) is 9.59. The third-order valence-electron chi connectivity index (χ3n) is 1.46. The molecule has 80 valence electrons. The van der Waals surface area contributed by atoms with E-state index >= 15 is 0 Å². The first-order valence-electron chi connectivity index (χ1n) is 4.75. The topological polar surface area (TPSA) is 53.8 Å². The molecule has 4 heteroatoms. The number of amides is 1. The molecule has 0 aromatic carbocycles. The van der Waals surface area contributed by atoms with Gasteiger partial charge in [0.25, 0.3) is 0 Å². The zero-order valence-electron chi connectivity index (χ0n) is 9.59. The lowest BCUT2D eigenvalue weighted by Gasteiger charge is -2.05. The molecule has 0 bridgehead atoms. The first kappa shape index (κ1) is 12.8. The maximum absolute atomic E-state index is 11.2. The Morgan fingerprint density at radius 2 is 1.79 bits per heavy atom. The van der Waals surface area contributed by atoms with E-state index in [4.69, 9.17) is 0 Å². The van der Waals surface area contributed by atoms with E-state index in [2.05, 4.69) is 15.5 Å². The Labute approximate surface area is 85.5 Å². The average Bonchev–Trinajstić information content (AvgIpc) is 2.10. The van der Waals surface area contributed by atoms with E-state index in [9.17, 15) is 4.79 Å². The van der Waals surface area contributed by atoms with Gasteiger partial charge in [-0.05, 0) is 20.8 Å². The highest BCUT2D eigenvalue weighted by atomic mass is 16.1. The van der Waals surface area contributed by atoms with Crippen LogP contribution < -0.4 is 5.32 Å². The number of hydrogen-bond acceptors (Lipinski definition) is 3. The highest BCUT2D eigenvalue weighted by Gasteiger charge is 2.05. The molecule has 0 aliphatic heterocycles. The summed E-state index contributed by atoms with van der Waals surface area (Å²) in [6.07, 6.45) is 0. The number of carbonyl (C=O) groups is 1. The van der Waals surface area contributed by atoms with Crippen molar-refractivity contribution in [3.05, 3.63) is 0 Å². The number of hydrogen-bond donors (Lipinski definition) is 1. The summed E-state index contributed by atoms with van der Waals surface area (Å²) in [7, 11) is 0. The monoisotopic (exact) mass is 197 g/mol. The first-order valence-corrected chi connectivity index (χ1v) is 4.75. The van der Waals surface area contributed by atoms with Crippen molar-refractivity contribution in [2.24, 2.45) is 16.1 Å². The Bertz CT molecular complexity index is 250. The van der Waals surface area contributed by atoms with Crippen molar-refractivity contribution in [1.29, 1.82) is 0 Å². The molecule has 0 heterocycles. The molecule has 0 spiro atoms. The van der Waals surface area contributed by atoms with Gasteiger partial charge >= 0.3 is 0 Å². The fourth-order valence-corrected chi connectivity index (χ4v) is 0.640. The third-order valence-corrected chi connectivity index (χ3v) is 1.46. The number of carbonyl (C=O) groups excluding carboxylic acids is 1. The summed E-state index contributed by atoms with van der Waals surface area (Å²) in [5, 5.41) is 10.6. The minimum absolute atomic E-state index is 0.0132. The number of rotatable bonds is 4. The van der Waals surface area contributed by atoms with Gasteiger partial charge in [0, 0.05) is 11.6 Å². The minimum Gasteiger partial charge on any atom is -0.351 e. The summed E-state index contributed by atoms with van der Waals surface area (Å²) >= 11 is 0. The van der Waals surface area contributed by atoms with Gasteiger partial charge in [-0.2, -0.15) is 10.2 Å². The van der Waals surface area contributed by atoms with Crippen molar-refractivity contribution >= 4 is 17.3 Å². The van der Waals surface area contributed by atoms with Gasteiger partial charge in [0.1, 0.15) is 0 Å². The van der Waals surface area contributed by atoms with Crippen LogP contribution in [0.4, 0.5) is 0 Å². The smallest absolute Gasteiger partial charge is 0.222 e. The van der Waals surface area contributed by atoms with Gasteiger partial charge in [-0.15, -0.1) is 0 Å². The van der Waals surface area contributed by atoms with E-state index in [-0.39, 0.29) is 11.8 Å². The van der Waals surface area contributed by atoms with E-state index in [0.29, 0.717) is 6.54 Å². The van der Waals surface area contributed by atoms with Gasteiger partial charge in [-0.1, -0.05) is 13.8 Å². The average molecular weight is 197 g/mol. The Kier molecular flexibility index (Phi) is 5.76.